The van der Waals surface area contributed by atoms with Gasteiger partial charge in [0.15, 0.2) is 0 Å². The Morgan fingerprint density at radius 3 is 2.65 bits per heavy atom. The molecule has 8 nitrogen and oxygen atoms in total. The highest BCUT2D eigenvalue weighted by molar-refractivity contribution is 8.00. The number of hydrogen-bond acceptors (Lipinski definition) is 6. The molecule has 4 heterocycles. The van der Waals surface area contributed by atoms with E-state index in [2.05, 4.69) is 0 Å². The van der Waals surface area contributed by atoms with Crippen molar-refractivity contribution in [2.24, 2.45) is 0 Å². The van der Waals surface area contributed by atoms with Crippen molar-refractivity contribution in [2.75, 3.05) is 12.3 Å². The minimum atomic E-state index is -0.836. The van der Waals surface area contributed by atoms with Gasteiger partial charge in [0, 0.05) is 29.8 Å². The van der Waals surface area contributed by atoms with Gasteiger partial charge in [-0.1, -0.05) is 30.3 Å². The maximum Gasteiger partial charge on any atom is 0.419 e. The molecule has 1 saturated heterocycles. The quantitative estimate of drug-likeness (QED) is 0.385. The fraction of sp³-hybridized carbons (Fsp3) is 0.357. The van der Waals surface area contributed by atoms with Gasteiger partial charge in [-0.2, -0.15) is 0 Å². The summed E-state index contributed by atoms with van der Waals surface area (Å²) >= 11 is 1.62. The summed E-state index contributed by atoms with van der Waals surface area (Å²) in [4.78, 5) is 47.2. The lowest BCUT2D eigenvalue weighted by molar-refractivity contribution is -0.140. The fourth-order valence-electron chi connectivity index (χ4n) is 5.45. The highest BCUT2D eigenvalue weighted by Gasteiger charge is 2.52. The van der Waals surface area contributed by atoms with Crippen LogP contribution in [-0.2, 0) is 20.8 Å². The molecule has 2 aromatic carbocycles. The van der Waals surface area contributed by atoms with Crippen LogP contribution in [0.15, 0.2) is 59.4 Å². The van der Waals surface area contributed by atoms with E-state index in [1.54, 1.807) is 28.5 Å². The van der Waals surface area contributed by atoms with Gasteiger partial charge in [-0.25, -0.2) is 14.3 Å². The number of para-hydroxylation sites is 2. The summed E-state index contributed by atoms with van der Waals surface area (Å²) in [7, 11) is 0. The van der Waals surface area contributed by atoms with Gasteiger partial charge >= 0.3 is 6.09 Å². The average Bonchev–Trinajstić information content (AvgIpc) is 3.42. The summed E-state index contributed by atoms with van der Waals surface area (Å²) in [5, 5.41) is 1.33. The van der Waals surface area contributed by atoms with Crippen molar-refractivity contribution < 1.29 is 14.3 Å². The van der Waals surface area contributed by atoms with Gasteiger partial charge in [-0.15, -0.1) is 11.8 Å². The topological polar surface area (TPSA) is 86.4 Å². The Morgan fingerprint density at radius 2 is 1.86 bits per heavy atom. The Labute approximate surface area is 218 Å². The molecule has 190 valence electrons. The van der Waals surface area contributed by atoms with E-state index in [0.717, 1.165) is 11.1 Å². The highest BCUT2D eigenvalue weighted by Crippen LogP contribution is 2.48. The number of benzene rings is 2. The number of aromatic nitrogens is 3. The average molecular weight is 517 g/mol. The lowest BCUT2D eigenvalue weighted by Gasteiger charge is -2.43. The van der Waals surface area contributed by atoms with E-state index >= 15 is 0 Å². The molecule has 2 aromatic heterocycles. The second-order valence-corrected chi connectivity index (χ2v) is 12.2. The van der Waals surface area contributed by atoms with Crippen molar-refractivity contribution in [2.45, 2.75) is 50.6 Å². The number of amides is 1. The normalized spacial score (nSPS) is 21.4. The summed E-state index contributed by atoms with van der Waals surface area (Å²) in [6.07, 6.45) is -0.366. The van der Waals surface area contributed by atoms with Crippen LogP contribution in [0.2, 0.25) is 0 Å². The maximum absolute atomic E-state index is 14.0. The van der Waals surface area contributed by atoms with Gasteiger partial charge in [0.05, 0.1) is 16.4 Å². The predicted octanol–water partition coefficient (Wildman–Crippen LogP) is 4.68. The van der Waals surface area contributed by atoms with Gasteiger partial charge in [0.1, 0.15) is 22.3 Å². The van der Waals surface area contributed by atoms with Crippen molar-refractivity contribution in [3.63, 3.8) is 0 Å². The molecule has 0 aliphatic carbocycles. The van der Waals surface area contributed by atoms with Crippen LogP contribution in [0.3, 0.4) is 0 Å². The number of carbonyl (C=O) groups excluding carboxylic acids is 2. The molecule has 0 unspecified atom stereocenters. The van der Waals surface area contributed by atoms with Crippen molar-refractivity contribution in [1.82, 2.24) is 19.0 Å². The number of hydrogen-bond donors (Lipinski definition) is 0. The first-order valence-electron chi connectivity index (χ1n) is 12.4. The van der Waals surface area contributed by atoms with Gasteiger partial charge in [-0.05, 0) is 52.0 Å². The number of ether oxygens (including phenoxy) is 1. The van der Waals surface area contributed by atoms with Crippen molar-refractivity contribution in [1.29, 1.82) is 0 Å². The van der Waals surface area contributed by atoms with Crippen LogP contribution in [0.1, 0.15) is 45.3 Å². The van der Waals surface area contributed by atoms with Gasteiger partial charge in [0.2, 0.25) is 5.91 Å². The molecule has 37 heavy (non-hydrogen) atoms. The van der Waals surface area contributed by atoms with Crippen LogP contribution in [0.25, 0.3) is 21.8 Å². The van der Waals surface area contributed by atoms with Crippen molar-refractivity contribution in [3.05, 3.63) is 76.5 Å². The lowest BCUT2D eigenvalue weighted by Crippen LogP contribution is -2.55. The number of thioether (sulfide) groups is 1. The summed E-state index contributed by atoms with van der Waals surface area (Å²) < 4.78 is 8.82. The molecule has 0 saturated carbocycles. The molecule has 0 radical (unpaired) electrons. The number of fused-ring (bicyclic) bond motifs is 5. The van der Waals surface area contributed by atoms with E-state index in [1.807, 2.05) is 75.1 Å². The van der Waals surface area contributed by atoms with E-state index in [-0.39, 0.29) is 17.9 Å². The van der Waals surface area contributed by atoms with E-state index in [0.29, 0.717) is 34.5 Å². The molecular formula is C28H28N4O4S. The third-order valence-corrected chi connectivity index (χ3v) is 8.42. The third-order valence-electron chi connectivity index (χ3n) is 7.06. The lowest BCUT2D eigenvalue weighted by atomic mass is 10.0. The minimum Gasteiger partial charge on any atom is -0.443 e. The molecule has 9 heteroatoms. The van der Waals surface area contributed by atoms with Crippen LogP contribution in [0.5, 0.6) is 0 Å². The number of carbonyl (C=O) groups is 2. The molecule has 1 fully saturated rings. The van der Waals surface area contributed by atoms with Crippen LogP contribution in [0, 0.1) is 0 Å². The first-order chi connectivity index (χ1) is 17.6. The molecule has 0 spiro atoms. The molecule has 1 amide bonds. The molecule has 0 bridgehead atoms. The Balaban J connectivity index is 1.55. The summed E-state index contributed by atoms with van der Waals surface area (Å²) in [5.41, 5.74) is 0.980. The van der Waals surface area contributed by atoms with Gasteiger partial charge < -0.3 is 9.64 Å². The fourth-order valence-corrected chi connectivity index (χ4v) is 6.73. The Kier molecular flexibility index (Phi) is 5.28. The van der Waals surface area contributed by atoms with Gasteiger partial charge in [0.25, 0.3) is 5.56 Å². The number of nitrogens with zero attached hydrogens (tertiary/aromatic N) is 4. The zero-order valence-electron chi connectivity index (χ0n) is 21.2. The summed E-state index contributed by atoms with van der Waals surface area (Å²) in [6, 6.07) is 15.8. The van der Waals surface area contributed by atoms with Crippen LogP contribution in [-0.4, -0.2) is 48.9 Å². The molecule has 4 aromatic rings. The summed E-state index contributed by atoms with van der Waals surface area (Å²) in [5.74, 6) is 1.19. The van der Waals surface area contributed by atoms with E-state index in [4.69, 9.17) is 9.72 Å². The maximum atomic E-state index is 14.0. The molecule has 2 aliphatic rings. The van der Waals surface area contributed by atoms with E-state index < -0.39 is 22.6 Å². The molecule has 6 rings (SSSR count). The van der Waals surface area contributed by atoms with Crippen LogP contribution in [0.4, 0.5) is 4.79 Å². The predicted molar refractivity (Wildman–Crippen MR) is 144 cm³/mol. The Hall–Kier alpha value is -3.59. The molecule has 0 N–H and O–H groups in total. The summed E-state index contributed by atoms with van der Waals surface area (Å²) in [6.45, 7) is 8.00. The monoisotopic (exact) mass is 516 g/mol. The van der Waals surface area contributed by atoms with E-state index in [1.165, 1.54) is 4.57 Å². The van der Waals surface area contributed by atoms with E-state index in [9.17, 15) is 14.4 Å². The molecular weight excluding hydrogens is 488 g/mol. The zero-order chi connectivity index (χ0) is 26.1. The second-order valence-electron chi connectivity index (χ2n) is 10.7. The first kappa shape index (κ1) is 23.8. The van der Waals surface area contributed by atoms with Gasteiger partial charge in [-0.3, -0.25) is 14.2 Å². The van der Waals surface area contributed by atoms with Crippen LogP contribution >= 0.6 is 11.8 Å². The first-order valence-corrected chi connectivity index (χ1v) is 13.4. The number of rotatable bonds is 2. The molecule has 2 aliphatic heterocycles. The Morgan fingerprint density at radius 1 is 1.14 bits per heavy atom. The second kappa shape index (κ2) is 8.21. The van der Waals surface area contributed by atoms with Crippen molar-refractivity contribution >= 4 is 45.6 Å². The smallest absolute Gasteiger partial charge is 0.419 e. The SMILES string of the molecule is CC(C)(C)OC(=O)n1c(C[C@@H]2C(=O)N3CCS[C@@]3(C)c3nc4ccccc4c(=O)n32)cc2ccccc21. The van der Waals surface area contributed by atoms with Crippen molar-refractivity contribution in [3.8, 4) is 0 Å². The highest BCUT2D eigenvalue weighted by atomic mass is 32.2. The zero-order valence-corrected chi connectivity index (χ0v) is 22.0. The largest absolute Gasteiger partial charge is 0.443 e. The molecule has 2 atom stereocenters. The minimum absolute atomic E-state index is 0.139. The standard InChI is InChI=1S/C28H28N4O4S/c1-27(2,3)36-26(35)31-18(15-17-9-5-8-12-21(17)31)16-22-24(34)30-13-14-37-28(30,4)25-29-20-11-7-6-10-19(20)23(33)32(22)25/h5-12,15,22H,13-14,16H2,1-4H3/t22-,28+/m1/s1. The van der Waals surface area contributed by atoms with Crippen LogP contribution < -0.4 is 5.56 Å². The third kappa shape index (κ3) is 3.67. The Bertz CT molecular complexity index is 1650.